The summed E-state index contributed by atoms with van der Waals surface area (Å²) < 4.78 is 11.1. The first-order valence-electron chi connectivity index (χ1n) is 9.17. The minimum absolute atomic E-state index is 0.0909. The van der Waals surface area contributed by atoms with Gasteiger partial charge in [-0.25, -0.2) is 4.98 Å². The van der Waals surface area contributed by atoms with E-state index < -0.39 is 0 Å². The van der Waals surface area contributed by atoms with Crippen LogP contribution in [-0.2, 0) is 27.2 Å². The van der Waals surface area contributed by atoms with Gasteiger partial charge in [-0.2, -0.15) is 4.98 Å². The molecule has 1 aromatic heterocycles. The van der Waals surface area contributed by atoms with Crippen LogP contribution in [0.5, 0.6) is 0 Å². The van der Waals surface area contributed by atoms with E-state index in [0.29, 0.717) is 25.7 Å². The Hall–Kier alpha value is -1.93. The molecule has 0 aromatic carbocycles. The highest BCUT2D eigenvalue weighted by atomic mass is 16.5. The standard InChI is InChI=1S/C18H29N5O3/c1-13(24)22-7-5-15-16(12-22)19-18(21(2)3)20-17(15)23-8-10-26-14(11-23)6-9-25-4/h14H,5-12H2,1-4H3/t14-/m1/s1. The van der Waals surface area contributed by atoms with E-state index in [2.05, 4.69) is 4.90 Å². The Kier molecular flexibility index (Phi) is 5.93. The quantitative estimate of drug-likeness (QED) is 0.762. The number of rotatable bonds is 5. The molecule has 0 radical (unpaired) electrons. The van der Waals surface area contributed by atoms with Crippen molar-refractivity contribution in [3.05, 3.63) is 11.3 Å². The van der Waals surface area contributed by atoms with Crippen LogP contribution in [0.25, 0.3) is 0 Å². The van der Waals surface area contributed by atoms with Gasteiger partial charge in [-0.05, 0) is 12.8 Å². The van der Waals surface area contributed by atoms with Crippen molar-refractivity contribution in [2.24, 2.45) is 0 Å². The molecule has 144 valence electrons. The van der Waals surface area contributed by atoms with Gasteiger partial charge in [0.15, 0.2) is 0 Å². The Morgan fingerprint density at radius 3 is 2.85 bits per heavy atom. The summed E-state index contributed by atoms with van der Waals surface area (Å²) in [6.45, 7) is 5.88. The van der Waals surface area contributed by atoms with Crippen molar-refractivity contribution in [1.82, 2.24) is 14.9 Å². The maximum absolute atomic E-state index is 11.8. The van der Waals surface area contributed by atoms with Gasteiger partial charge in [-0.15, -0.1) is 0 Å². The van der Waals surface area contributed by atoms with Gasteiger partial charge in [0.05, 0.1) is 24.9 Å². The lowest BCUT2D eigenvalue weighted by atomic mass is 10.0. The second-order valence-corrected chi connectivity index (χ2v) is 7.08. The summed E-state index contributed by atoms with van der Waals surface area (Å²) in [4.78, 5) is 27.4. The van der Waals surface area contributed by atoms with Gasteiger partial charge < -0.3 is 24.2 Å². The van der Waals surface area contributed by atoms with Crippen LogP contribution in [0, 0.1) is 0 Å². The third kappa shape index (κ3) is 4.07. The van der Waals surface area contributed by atoms with Gasteiger partial charge in [0.2, 0.25) is 11.9 Å². The number of carbonyl (C=O) groups excluding carboxylic acids is 1. The SMILES string of the molecule is COCC[C@@H]1CN(c2nc(N(C)C)nc3c2CCN(C(C)=O)C3)CCO1. The van der Waals surface area contributed by atoms with E-state index in [9.17, 15) is 4.79 Å². The zero-order valence-corrected chi connectivity index (χ0v) is 16.2. The normalized spacial score (nSPS) is 20.1. The van der Waals surface area contributed by atoms with E-state index in [0.717, 1.165) is 44.0 Å². The average molecular weight is 363 g/mol. The Labute approximate surface area is 155 Å². The number of fused-ring (bicyclic) bond motifs is 1. The monoisotopic (exact) mass is 363 g/mol. The number of morpholine rings is 1. The van der Waals surface area contributed by atoms with Crippen molar-refractivity contribution in [2.75, 3.05) is 63.9 Å². The van der Waals surface area contributed by atoms with Crippen molar-refractivity contribution < 1.29 is 14.3 Å². The molecule has 2 aliphatic heterocycles. The molecule has 0 spiro atoms. The molecular weight excluding hydrogens is 334 g/mol. The molecule has 8 nitrogen and oxygen atoms in total. The van der Waals surface area contributed by atoms with Crippen LogP contribution in [0.1, 0.15) is 24.6 Å². The number of hydrogen-bond donors (Lipinski definition) is 0. The molecule has 0 saturated carbocycles. The molecule has 0 bridgehead atoms. The summed E-state index contributed by atoms with van der Waals surface area (Å²) in [6, 6.07) is 0. The highest BCUT2D eigenvalue weighted by Crippen LogP contribution is 2.29. The van der Waals surface area contributed by atoms with Gasteiger partial charge in [-0.1, -0.05) is 0 Å². The van der Waals surface area contributed by atoms with Crippen LogP contribution in [0.15, 0.2) is 0 Å². The van der Waals surface area contributed by atoms with Crippen LogP contribution in [0.2, 0.25) is 0 Å². The maximum Gasteiger partial charge on any atom is 0.227 e. The molecule has 0 aliphatic carbocycles. The number of ether oxygens (including phenoxy) is 2. The molecule has 8 heteroatoms. The molecule has 3 heterocycles. The lowest BCUT2D eigenvalue weighted by Crippen LogP contribution is -2.45. The van der Waals surface area contributed by atoms with Crippen molar-refractivity contribution in [3.63, 3.8) is 0 Å². The van der Waals surface area contributed by atoms with Crippen LogP contribution in [-0.4, -0.2) is 80.9 Å². The molecule has 1 atom stereocenters. The van der Waals surface area contributed by atoms with Gasteiger partial charge in [-0.3, -0.25) is 4.79 Å². The molecule has 3 rings (SSSR count). The third-order valence-electron chi connectivity index (χ3n) is 4.96. The summed E-state index contributed by atoms with van der Waals surface area (Å²) in [5, 5.41) is 0. The fraction of sp³-hybridized carbons (Fsp3) is 0.722. The van der Waals surface area contributed by atoms with E-state index >= 15 is 0 Å². The summed E-state index contributed by atoms with van der Waals surface area (Å²) in [5.41, 5.74) is 2.13. The zero-order chi connectivity index (χ0) is 18.7. The topological polar surface area (TPSA) is 71.0 Å². The fourth-order valence-corrected chi connectivity index (χ4v) is 3.46. The second-order valence-electron chi connectivity index (χ2n) is 7.08. The largest absolute Gasteiger partial charge is 0.385 e. The van der Waals surface area contributed by atoms with E-state index in [4.69, 9.17) is 19.4 Å². The number of methoxy groups -OCH3 is 1. The highest BCUT2D eigenvalue weighted by Gasteiger charge is 2.29. The van der Waals surface area contributed by atoms with Crippen molar-refractivity contribution in [2.45, 2.75) is 32.4 Å². The van der Waals surface area contributed by atoms with Gasteiger partial charge >= 0.3 is 0 Å². The number of aromatic nitrogens is 2. The first kappa shape index (κ1) is 18.8. The van der Waals surface area contributed by atoms with Gasteiger partial charge in [0.25, 0.3) is 0 Å². The van der Waals surface area contributed by atoms with Crippen LogP contribution >= 0.6 is 0 Å². The highest BCUT2D eigenvalue weighted by molar-refractivity contribution is 5.73. The molecule has 0 N–H and O–H groups in total. The molecule has 1 amide bonds. The van der Waals surface area contributed by atoms with Crippen LogP contribution < -0.4 is 9.80 Å². The minimum Gasteiger partial charge on any atom is -0.385 e. The van der Waals surface area contributed by atoms with E-state index in [1.807, 2.05) is 23.9 Å². The lowest BCUT2D eigenvalue weighted by Gasteiger charge is -2.37. The average Bonchev–Trinajstić information content (AvgIpc) is 2.65. The Bertz CT molecular complexity index is 652. The molecule has 1 saturated heterocycles. The first-order chi connectivity index (χ1) is 12.5. The predicted octanol–water partition coefficient (Wildman–Crippen LogP) is 0.689. The molecule has 1 aromatic rings. The summed E-state index contributed by atoms with van der Waals surface area (Å²) in [7, 11) is 5.60. The van der Waals surface area contributed by atoms with Crippen molar-refractivity contribution in [3.8, 4) is 0 Å². The number of carbonyl (C=O) groups is 1. The summed E-state index contributed by atoms with van der Waals surface area (Å²) in [5.74, 6) is 1.77. The zero-order valence-electron chi connectivity index (χ0n) is 16.2. The Morgan fingerprint density at radius 1 is 1.35 bits per heavy atom. The number of amides is 1. The van der Waals surface area contributed by atoms with E-state index in [1.54, 1.807) is 14.0 Å². The number of hydrogen-bond acceptors (Lipinski definition) is 7. The minimum atomic E-state index is 0.0909. The van der Waals surface area contributed by atoms with Gasteiger partial charge in [0, 0.05) is 59.9 Å². The Morgan fingerprint density at radius 2 is 2.15 bits per heavy atom. The van der Waals surface area contributed by atoms with Gasteiger partial charge in [0.1, 0.15) is 5.82 Å². The summed E-state index contributed by atoms with van der Waals surface area (Å²) >= 11 is 0. The van der Waals surface area contributed by atoms with E-state index in [-0.39, 0.29) is 12.0 Å². The number of nitrogens with zero attached hydrogens (tertiary/aromatic N) is 5. The molecule has 26 heavy (non-hydrogen) atoms. The predicted molar refractivity (Wildman–Crippen MR) is 99.6 cm³/mol. The lowest BCUT2D eigenvalue weighted by molar-refractivity contribution is -0.129. The third-order valence-corrected chi connectivity index (χ3v) is 4.96. The maximum atomic E-state index is 11.8. The van der Waals surface area contributed by atoms with Crippen molar-refractivity contribution in [1.29, 1.82) is 0 Å². The molecule has 2 aliphatic rings. The van der Waals surface area contributed by atoms with Crippen LogP contribution in [0.4, 0.5) is 11.8 Å². The second kappa shape index (κ2) is 8.18. The molecular formula is C18H29N5O3. The number of anilines is 2. The first-order valence-corrected chi connectivity index (χ1v) is 9.17. The molecule has 0 unspecified atom stereocenters. The smallest absolute Gasteiger partial charge is 0.227 e. The fourth-order valence-electron chi connectivity index (χ4n) is 3.46. The van der Waals surface area contributed by atoms with Crippen molar-refractivity contribution >= 4 is 17.7 Å². The molecule has 1 fully saturated rings. The van der Waals surface area contributed by atoms with Crippen LogP contribution in [0.3, 0.4) is 0 Å². The summed E-state index contributed by atoms with van der Waals surface area (Å²) in [6.07, 6.45) is 1.81. The van der Waals surface area contributed by atoms with E-state index in [1.165, 1.54) is 5.56 Å². The Balaban J connectivity index is 1.89.